The molecule has 0 aliphatic carbocycles. The highest BCUT2D eigenvalue weighted by Gasteiger charge is 2.12. The Morgan fingerprint density at radius 1 is 1.29 bits per heavy atom. The summed E-state index contributed by atoms with van der Waals surface area (Å²) in [5.41, 5.74) is 6.95. The van der Waals surface area contributed by atoms with E-state index in [1.54, 1.807) is 0 Å². The first kappa shape index (κ1) is 12.3. The van der Waals surface area contributed by atoms with Crippen LogP contribution in [0.4, 0.5) is 0 Å². The van der Waals surface area contributed by atoms with Crippen LogP contribution >= 0.6 is 15.9 Å². The minimum Gasteiger partial charge on any atom is -0.423 e. The van der Waals surface area contributed by atoms with Gasteiger partial charge in [0.15, 0.2) is 0 Å². The van der Waals surface area contributed by atoms with E-state index in [-0.39, 0.29) is 6.04 Å². The first-order valence-electron chi connectivity index (χ1n) is 5.51. The molecule has 1 aromatic heterocycles. The molecule has 5 heteroatoms. The van der Waals surface area contributed by atoms with Gasteiger partial charge >= 0.3 is 0 Å². The molecule has 0 saturated carbocycles. The predicted octanol–water partition coefficient (Wildman–Crippen LogP) is 2.83. The Labute approximate surface area is 108 Å². The summed E-state index contributed by atoms with van der Waals surface area (Å²) in [7, 11) is 0. The second-order valence-electron chi connectivity index (χ2n) is 3.85. The Morgan fingerprint density at radius 3 is 2.65 bits per heavy atom. The van der Waals surface area contributed by atoms with Gasteiger partial charge in [-0.05, 0) is 24.1 Å². The molecule has 17 heavy (non-hydrogen) atoms. The third-order valence-electron chi connectivity index (χ3n) is 2.51. The Morgan fingerprint density at radius 2 is 2.00 bits per heavy atom. The summed E-state index contributed by atoms with van der Waals surface area (Å²) in [5, 5.41) is 7.94. The smallest absolute Gasteiger partial charge is 0.233 e. The van der Waals surface area contributed by atoms with Gasteiger partial charge in [0.2, 0.25) is 11.8 Å². The third-order valence-corrected chi connectivity index (χ3v) is 3.04. The second-order valence-corrected chi connectivity index (χ2v) is 4.77. The molecule has 0 saturated heterocycles. The summed E-state index contributed by atoms with van der Waals surface area (Å²) >= 11 is 3.40. The van der Waals surface area contributed by atoms with E-state index in [4.69, 9.17) is 10.2 Å². The van der Waals surface area contributed by atoms with Crippen molar-refractivity contribution in [3.63, 3.8) is 0 Å². The van der Waals surface area contributed by atoms with Crippen LogP contribution in [0, 0.1) is 0 Å². The van der Waals surface area contributed by atoms with Crippen molar-refractivity contribution in [2.75, 3.05) is 0 Å². The van der Waals surface area contributed by atoms with Gasteiger partial charge in [-0.25, -0.2) is 0 Å². The number of halogens is 1. The highest BCUT2D eigenvalue weighted by Crippen LogP contribution is 2.16. The van der Waals surface area contributed by atoms with Gasteiger partial charge in [0.05, 0.1) is 12.5 Å². The number of rotatable bonds is 4. The zero-order chi connectivity index (χ0) is 12.3. The molecule has 90 valence electrons. The van der Waals surface area contributed by atoms with Gasteiger partial charge in [0, 0.05) is 4.47 Å². The minimum atomic E-state index is -0.166. The number of aromatic nitrogens is 2. The monoisotopic (exact) mass is 295 g/mol. The maximum atomic E-state index is 5.82. The lowest BCUT2D eigenvalue weighted by Gasteiger charge is -2.00. The number of hydrogen-bond donors (Lipinski definition) is 1. The summed E-state index contributed by atoms with van der Waals surface area (Å²) in [6.45, 7) is 1.99. The van der Waals surface area contributed by atoms with Gasteiger partial charge in [-0.3, -0.25) is 0 Å². The van der Waals surface area contributed by atoms with Crippen LogP contribution in [0.3, 0.4) is 0 Å². The fourth-order valence-electron chi connectivity index (χ4n) is 1.44. The van der Waals surface area contributed by atoms with Crippen molar-refractivity contribution in [3.05, 3.63) is 46.1 Å². The molecular formula is C12H14BrN3O. The first-order valence-corrected chi connectivity index (χ1v) is 6.30. The van der Waals surface area contributed by atoms with Crippen LogP contribution < -0.4 is 5.73 Å². The Hall–Kier alpha value is -1.20. The van der Waals surface area contributed by atoms with E-state index in [0.717, 1.165) is 16.5 Å². The number of hydrogen-bond acceptors (Lipinski definition) is 4. The first-order chi connectivity index (χ1) is 8.19. The average molecular weight is 296 g/mol. The Bertz CT molecular complexity index is 481. The van der Waals surface area contributed by atoms with E-state index in [2.05, 4.69) is 26.1 Å². The van der Waals surface area contributed by atoms with Crippen molar-refractivity contribution < 1.29 is 4.42 Å². The normalized spacial score (nSPS) is 12.6. The van der Waals surface area contributed by atoms with Crippen LogP contribution in [0.5, 0.6) is 0 Å². The summed E-state index contributed by atoms with van der Waals surface area (Å²) in [6.07, 6.45) is 1.43. The summed E-state index contributed by atoms with van der Waals surface area (Å²) in [4.78, 5) is 0. The van der Waals surface area contributed by atoms with Crippen molar-refractivity contribution in [1.82, 2.24) is 10.2 Å². The van der Waals surface area contributed by atoms with Gasteiger partial charge in [0.1, 0.15) is 0 Å². The molecule has 1 aromatic carbocycles. The van der Waals surface area contributed by atoms with Crippen molar-refractivity contribution in [2.45, 2.75) is 25.8 Å². The molecule has 0 aliphatic heterocycles. The van der Waals surface area contributed by atoms with Crippen LogP contribution in [-0.2, 0) is 6.42 Å². The molecule has 0 radical (unpaired) electrons. The van der Waals surface area contributed by atoms with Crippen molar-refractivity contribution >= 4 is 15.9 Å². The molecule has 0 bridgehead atoms. The zero-order valence-corrected chi connectivity index (χ0v) is 11.1. The van der Waals surface area contributed by atoms with Crippen molar-refractivity contribution in [1.29, 1.82) is 0 Å². The lowest BCUT2D eigenvalue weighted by atomic mass is 10.1. The second kappa shape index (κ2) is 5.42. The Balaban J connectivity index is 2.08. The van der Waals surface area contributed by atoms with Gasteiger partial charge in [-0.2, -0.15) is 0 Å². The van der Waals surface area contributed by atoms with Crippen LogP contribution in [0.15, 0.2) is 33.2 Å². The third kappa shape index (κ3) is 3.14. The molecule has 1 heterocycles. The highest BCUT2D eigenvalue weighted by molar-refractivity contribution is 9.10. The number of nitrogens with zero attached hydrogens (tertiary/aromatic N) is 2. The standard InChI is InChI=1S/C12H14BrN3O/c1-2-10(14)12-16-15-11(17-12)7-8-3-5-9(13)6-4-8/h3-6,10H,2,7,14H2,1H3. The quantitative estimate of drug-likeness (QED) is 0.942. The maximum absolute atomic E-state index is 5.82. The fraction of sp³-hybridized carbons (Fsp3) is 0.333. The molecule has 2 N–H and O–H groups in total. The van der Waals surface area contributed by atoms with Gasteiger partial charge in [-0.1, -0.05) is 35.0 Å². The van der Waals surface area contributed by atoms with Crippen LogP contribution in [-0.4, -0.2) is 10.2 Å². The molecular weight excluding hydrogens is 282 g/mol. The van der Waals surface area contributed by atoms with E-state index in [9.17, 15) is 0 Å². The van der Waals surface area contributed by atoms with E-state index in [1.807, 2.05) is 31.2 Å². The van der Waals surface area contributed by atoms with Crippen molar-refractivity contribution in [3.8, 4) is 0 Å². The van der Waals surface area contributed by atoms with E-state index in [0.29, 0.717) is 18.2 Å². The molecule has 0 fully saturated rings. The van der Waals surface area contributed by atoms with Gasteiger partial charge in [-0.15, -0.1) is 10.2 Å². The van der Waals surface area contributed by atoms with E-state index < -0.39 is 0 Å². The molecule has 1 atom stereocenters. The van der Waals surface area contributed by atoms with Crippen molar-refractivity contribution in [2.24, 2.45) is 5.73 Å². The molecule has 0 aliphatic rings. The Kier molecular flexibility index (Phi) is 3.91. The number of benzene rings is 1. The molecule has 0 spiro atoms. The zero-order valence-electron chi connectivity index (χ0n) is 9.56. The fourth-order valence-corrected chi connectivity index (χ4v) is 1.70. The molecule has 1 unspecified atom stereocenters. The largest absolute Gasteiger partial charge is 0.423 e. The van der Waals surface area contributed by atoms with Crippen LogP contribution in [0.2, 0.25) is 0 Å². The number of nitrogens with two attached hydrogens (primary N) is 1. The molecule has 2 aromatic rings. The topological polar surface area (TPSA) is 64.9 Å². The average Bonchev–Trinajstić information content (AvgIpc) is 2.80. The maximum Gasteiger partial charge on any atom is 0.233 e. The van der Waals surface area contributed by atoms with Gasteiger partial charge < -0.3 is 10.2 Å². The summed E-state index contributed by atoms with van der Waals surface area (Å²) in [5.74, 6) is 1.12. The molecule has 0 amide bonds. The lowest BCUT2D eigenvalue weighted by Crippen LogP contribution is -2.08. The molecule has 4 nitrogen and oxygen atoms in total. The highest BCUT2D eigenvalue weighted by atomic mass is 79.9. The van der Waals surface area contributed by atoms with E-state index >= 15 is 0 Å². The lowest BCUT2D eigenvalue weighted by molar-refractivity contribution is 0.418. The SMILES string of the molecule is CCC(N)c1nnc(Cc2ccc(Br)cc2)o1. The van der Waals surface area contributed by atoms with E-state index in [1.165, 1.54) is 0 Å². The predicted molar refractivity (Wildman–Crippen MR) is 68.5 cm³/mol. The summed E-state index contributed by atoms with van der Waals surface area (Å²) in [6, 6.07) is 7.86. The van der Waals surface area contributed by atoms with Crippen LogP contribution in [0.25, 0.3) is 0 Å². The summed E-state index contributed by atoms with van der Waals surface area (Å²) < 4.78 is 6.57. The van der Waals surface area contributed by atoms with Gasteiger partial charge in [0.25, 0.3) is 0 Å². The minimum absolute atomic E-state index is 0.166. The van der Waals surface area contributed by atoms with Crippen LogP contribution in [0.1, 0.15) is 36.7 Å². The molecule has 2 rings (SSSR count).